The fraction of sp³-hybridized carbons (Fsp3) is 1.00. The van der Waals surface area contributed by atoms with Gasteiger partial charge in [-0.3, -0.25) is 0 Å². The number of halogens is 1. The number of unbranched alkanes of at least 4 members (excludes halogenated alkanes) is 5. The molecule has 0 N–H and O–H groups in total. The first-order chi connectivity index (χ1) is 6.34. The Morgan fingerprint density at radius 2 is 1.69 bits per heavy atom. The average Bonchev–Trinajstić information content (AvgIpc) is 2.93. The fourth-order valence-corrected chi connectivity index (χ4v) is 2.67. The maximum absolute atomic E-state index is 3.79. The Hall–Kier alpha value is 0.480. The van der Waals surface area contributed by atoms with E-state index in [1.165, 1.54) is 57.8 Å². The molecule has 13 heavy (non-hydrogen) atoms. The first-order valence-electron chi connectivity index (χ1n) is 5.98. The van der Waals surface area contributed by atoms with Crippen molar-refractivity contribution in [3.8, 4) is 0 Å². The van der Waals surface area contributed by atoms with Crippen LogP contribution >= 0.6 is 15.9 Å². The smallest absolute Gasteiger partial charge is 0.0174 e. The van der Waals surface area contributed by atoms with Gasteiger partial charge < -0.3 is 0 Å². The van der Waals surface area contributed by atoms with E-state index < -0.39 is 0 Å². The van der Waals surface area contributed by atoms with Crippen LogP contribution in [-0.2, 0) is 0 Å². The van der Waals surface area contributed by atoms with E-state index in [9.17, 15) is 0 Å². The molecule has 0 spiro atoms. The molecule has 0 aromatic rings. The van der Waals surface area contributed by atoms with Gasteiger partial charge in [0.25, 0.3) is 0 Å². The van der Waals surface area contributed by atoms with Crippen molar-refractivity contribution < 1.29 is 0 Å². The second-order valence-electron chi connectivity index (χ2n) is 4.41. The highest BCUT2D eigenvalue weighted by Crippen LogP contribution is 2.38. The summed E-state index contributed by atoms with van der Waals surface area (Å²) in [6, 6.07) is 0. The van der Waals surface area contributed by atoms with E-state index in [1.807, 2.05) is 0 Å². The van der Waals surface area contributed by atoms with Crippen molar-refractivity contribution in [2.24, 2.45) is 5.92 Å². The lowest BCUT2D eigenvalue weighted by Gasteiger charge is -2.06. The van der Waals surface area contributed by atoms with Gasteiger partial charge in [0.15, 0.2) is 0 Å². The SMILES string of the molecule is CCCCCCCCC(Br)C1CC1. The third kappa shape index (κ3) is 5.72. The van der Waals surface area contributed by atoms with Gasteiger partial charge in [0.05, 0.1) is 0 Å². The van der Waals surface area contributed by atoms with Crippen LogP contribution in [0.3, 0.4) is 0 Å². The van der Waals surface area contributed by atoms with Crippen LogP contribution in [0.5, 0.6) is 0 Å². The van der Waals surface area contributed by atoms with Crippen molar-refractivity contribution in [2.75, 3.05) is 0 Å². The molecule has 1 fully saturated rings. The normalized spacial score (nSPS) is 18.9. The molecule has 1 rings (SSSR count). The van der Waals surface area contributed by atoms with Crippen molar-refractivity contribution in [3.05, 3.63) is 0 Å². The Labute approximate surface area is 91.6 Å². The minimum atomic E-state index is 0.846. The Kier molecular flexibility index (Phi) is 6.10. The lowest BCUT2D eigenvalue weighted by Crippen LogP contribution is -1.99. The van der Waals surface area contributed by atoms with Crippen molar-refractivity contribution >= 4 is 15.9 Å². The maximum atomic E-state index is 3.79. The van der Waals surface area contributed by atoms with Gasteiger partial charge in [-0.25, -0.2) is 0 Å². The second-order valence-corrected chi connectivity index (χ2v) is 5.59. The number of hydrogen-bond acceptors (Lipinski definition) is 0. The van der Waals surface area contributed by atoms with Crippen LogP contribution in [0.1, 0.15) is 64.7 Å². The number of alkyl halides is 1. The zero-order valence-electron chi connectivity index (χ0n) is 8.90. The van der Waals surface area contributed by atoms with Crippen molar-refractivity contribution in [2.45, 2.75) is 69.5 Å². The summed E-state index contributed by atoms with van der Waals surface area (Å²) in [5.74, 6) is 1.04. The van der Waals surface area contributed by atoms with E-state index in [-0.39, 0.29) is 0 Å². The van der Waals surface area contributed by atoms with Crippen molar-refractivity contribution in [1.29, 1.82) is 0 Å². The molecule has 0 heterocycles. The summed E-state index contributed by atoms with van der Waals surface area (Å²) in [7, 11) is 0. The van der Waals surface area contributed by atoms with Crippen LogP contribution in [0, 0.1) is 5.92 Å². The largest absolute Gasteiger partial charge is 0.0888 e. The molecule has 0 radical (unpaired) electrons. The molecule has 1 aliphatic rings. The molecule has 0 aromatic heterocycles. The topological polar surface area (TPSA) is 0 Å². The van der Waals surface area contributed by atoms with Crippen LogP contribution in [0.4, 0.5) is 0 Å². The second kappa shape index (κ2) is 6.86. The third-order valence-corrected chi connectivity index (χ3v) is 4.17. The Balaban J connectivity index is 1.77. The predicted octanol–water partition coefficient (Wildman–Crippen LogP) is 4.91. The zero-order valence-corrected chi connectivity index (χ0v) is 10.5. The highest BCUT2D eigenvalue weighted by molar-refractivity contribution is 9.09. The van der Waals surface area contributed by atoms with Gasteiger partial charge in [0, 0.05) is 4.83 Å². The highest BCUT2D eigenvalue weighted by atomic mass is 79.9. The molecule has 0 saturated heterocycles. The lowest BCUT2D eigenvalue weighted by atomic mass is 10.1. The van der Waals surface area contributed by atoms with Gasteiger partial charge in [-0.2, -0.15) is 0 Å². The van der Waals surface area contributed by atoms with Gasteiger partial charge >= 0.3 is 0 Å². The number of hydrogen-bond donors (Lipinski definition) is 0. The first-order valence-corrected chi connectivity index (χ1v) is 6.90. The maximum Gasteiger partial charge on any atom is 0.0174 e. The standard InChI is InChI=1S/C12H23Br/c1-2-3-4-5-6-7-8-12(13)11-9-10-11/h11-12H,2-10H2,1H3. The minimum absolute atomic E-state index is 0.846. The lowest BCUT2D eigenvalue weighted by molar-refractivity contribution is 0.569. The molecule has 1 heteroatoms. The van der Waals surface area contributed by atoms with Gasteiger partial charge in [0.1, 0.15) is 0 Å². The van der Waals surface area contributed by atoms with E-state index in [0.29, 0.717) is 0 Å². The van der Waals surface area contributed by atoms with Crippen LogP contribution in [0.25, 0.3) is 0 Å². The quantitative estimate of drug-likeness (QED) is 0.422. The molecular formula is C12H23Br. The summed E-state index contributed by atoms with van der Waals surface area (Å²) in [6.07, 6.45) is 13.0. The molecule has 0 nitrogen and oxygen atoms in total. The summed E-state index contributed by atoms with van der Waals surface area (Å²) < 4.78 is 0. The van der Waals surface area contributed by atoms with Crippen LogP contribution < -0.4 is 0 Å². The van der Waals surface area contributed by atoms with Gasteiger partial charge in [-0.15, -0.1) is 0 Å². The monoisotopic (exact) mass is 246 g/mol. The zero-order chi connectivity index (χ0) is 9.52. The van der Waals surface area contributed by atoms with E-state index >= 15 is 0 Å². The molecule has 0 aromatic carbocycles. The number of rotatable bonds is 8. The van der Waals surface area contributed by atoms with E-state index in [4.69, 9.17) is 0 Å². The molecule has 1 unspecified atom stereocenters. The Morgan fingerprint density at radius 3 is 2.31 bits per heavy atom. The third-order valence-electron chi connectivity index (χ3n) is 2.97. The van der Waals surface area contributed by atoms with Crippen LogP contribution in [0.15, 0.2) is 0 Å². The average molecular weight is 247 g/mol. The van der Waals surface area contributed by atoms with E-state index in [2.05, 4.69) is 22.9 Å². The van der Waals surface area contributed by atoms with Gasteiger partial charge in [-0.05, 0) is 25.2 Å². The van der Waals surface area contributed by atoms with Gasteiger partial charge in [0.2, 0.25) is 0 Å². The summed E-state index contributed by atoms with van der Waals surface area (Å²) >= 11 is 3.79. The summed E-state index contributed by atoms with van der Waals surface area (Å²) in [6.45, 7) is 2.28. The molecule has 0 aliphatic heterocycles. The van der Waals surface area contributed by atoms with E-state index in [1.54, 1.807) is 0 Å². The van der Waals surface area contributed by atoms with Gasteiger partial charge in [-0.1, -0.05) is 61.4 Å². The summed E-state index contributed by atoms with van der Waals surface area (Å²) in [4.78, 5) is 0.846. The van der Waals surface area contributed by atoms with Crippen LogP contribution in [0.2, 0.25) is 0 Å². The first kappa shape index (κ1) is 11.6. The van der Waals surface area contributed by atoms with Crippen LogP contribution in [-0.4, -0.2) is 4.83 Å². The highest BCUT2D eigenvalue weighted by Gasteiger charge is 2.28. The molecule has 1 saturated carbocycles. The molecule has 0 amide bonds. The fourth-order valence-electron chi connectivity index (χ4n) is 1.81. The van der Waals surface area contributed by atoms with E-state index in [0.717, 1.165) is 10.7 Å². The Bertz CT molecular complexity index is 118. The predicted molar refractivity (Wildman–Crippen MR) is 63.4 cm³/mol. The Morgan fingerprint density at radius 1 is 1.08 bits per heavy atom. The summed E-state index contributed by atoms with van der Waals surface area (Å²) in [5.41, 5.74) is 0. The van der Waals surface area contributed by atoms with Crippen molar-refractivity contribution in [1.82, 2.24) is 0 Å². The molecule has 78 valence electrons. The molecular weight excluding hydrogens is 224 g/mol. The van der Waals surface area contributed by atoms with Crippen molar-refractivity contribution in [3.63, 3.8) is 0 Å². The molecule has 1 aliphatic carbocycles. The summed E-state index contributed by atoms with van der Waals surface area (Å²) in [5, 5.41) is 0. The minimum Gasteiger partial charge on any atom is -0.0888 e. The molecule has 0 bridgehead atoms. The molecule has 1 atom stereocenters.